The van der Waals surface area contributed by atoms with Gasteiger partial charge in [-0.25, -0.2) is 4.79 Å². The summed E-state index contributed by atoms with van der Waals surface area (Å²) in [6, 6.07) is 15.7. The fraction of sp³-hybridized carbons (Fsp3) is 0.346. The zero-order valence-corrected chi connectivity index (χ0v) is 19.8. The molecule has 2 aromatic heterocycles. The van der Waals surface area contributed by atoms with Gasteiger partial charge in [0.1, 0.15) is 11.5 Å². The van der Waals surface area contributed by atoms with E-state index < -0.39 is 5.76 Å². The Labute approximate surface area is 206 Å². The summed E-state index contributed by atoms with van der Waals surface area (Å²) in [5.41, 5.74) is 4.66. The Morgan fingerprint density at radius 2 is 1.77 bits per heavy atom. The molecule has 1 aliphatic heterocycles. The predicted octanol–water partition coefficient (Wildman–Crippen LogP) is 5.40. The molecule has 8 nitrogen and oxygen atoms in total. The van der Waals surface area contributed by atoms with Crippen LogP contribution >= 0.6 is 11.6 Å². The number of H-pyrrole nitrogens is 1. The summed E-state index contributed by atoms with van der Waals surface area (Å²) >= 11 is 6.45. The Morgan fingerprint density at radius 1 is 1.00 bits per heavy atom. The van der Waals surface area contributed by atoms with Crippen LogP contribution in [0.1, 0.15) is 42.9 Å². The Morgan fingerprint density at radius 3 is 2.46 bits per heavy atom. The SMILES string of the molecule is O=c1[nH]c(-c2ccc(N3CCC(OCc4c(-c5ccccc5Cl)noc4C4CC4)CC3)cc2)no1. The van der Waals surface area contributed by atoms with Crippen molar-refractivity contribution in [3.05, 3.63) is 75.4 Å². The number of piperidine rings is 1. The third-order valence-electron chi connectivity index (χ3n) is 6.75. The number of anilines is 1. The van der Waals surface area contributed by atoms with Crippen molar-refractivity contribution in [3.63, 3.8) is 0 Å². The monoisotopic (exact) mass is 492 g/mol. The third kappa shape index (κ3) is 4.63. The van der Waals surface area contributed by atoms with Gasteiger partial charge in [0.05, 0.1) is 17.7 Å². The zero-order chi connectivity index (χ0) is 23.8. The number of halogens is 1. The minimum atomic E-state index is -0.555. The van der Waals surface area contributed by atoms with Crippen LogP contribution in [-0.4, -0.2) is 34.5 Å². The van der Waals surface area contributed by atoms with E-state index in [1.54, 1.807) is 0 Å². The first-order chi connectivity index (χ1) is 17.2. The molecule has 0 unspecified atom stereocenters. The Bertz CT molecular complexity index is 1360. The van der Waals surface area contributed by atoms with Crippen LogP contribution < -0.4 is 10.7 Å². The maximum atomic E-state index is 11.2. The maximum Gasteiger partial charge on any atom is 0.439 e. The van der Waals surface area contributed by atoms with Gasteiger partial charge in [-0.1, -0.05) is 40.1 Å². The second kappa shape index (κ2) is 9.36. The Balaban J connectivity index is 1.10. The van der Waals surface area contributed by atoms with E-state index in [2.05, 4.69) is 24.7 Å². The number of rotatable bonds is 7. The average Bonchev–Trinajstić information content (AvgIpc) is 3.50. The van der Waals surface area contributed by atoms with Gasteiger partial charge in [-0.15, -0.1) is 0 Å². The number of nitrogens with zero attached hydrogens (tertiary/aromatic N) is 3. The van der Waals surface area contributed by atoms with Crippen LogP contribution in [-0.2, 0) is 11.3 Å². The number of ether oxygens (including phenoxy) is 1. The van der Waals surface area contributed by atoms with E-state index in [4.69, 9.17) is 20.9 Å². The van der Waals surface area contributed by atoms with Crippen molar-refractivity contribution in [1.29, 1.82) is 0 Å². The average molecular weight is 493 g/mol. The van der Waals surface area contributed by atoms with Crippen LogP contribution in [0.4, 0.5) is 5.69 Å². The Hall–Kier alpha value is -3.36. The summed E-state index contributed by atoms with van der Waals surface area (Å²) in [6.45, 7) is 2.29. The molecule has 1 saturated heterocycles. The van der Waals surface area contributed by atoms with Crippen LogP contribution in [0.5, 0.6) is 0 Å². The summed E-state index contributed by atoms with van der Waals surface area (Å²) in [5, 5.41) is 8.78. The molecule has 0 spiro atoms. The van der Waals surface area contributed by atoms with Crippen LogP contribution in [0.25, 0.3) is 22.6 Å². The lowest BCUT2D eigenvalue weighted by Crippen LogP contribution is -2.37. The summed E-state index contributed by atoms with van der Waals surface area (Å²) < 4.78 is 16.7. The van der Waals surface area contributed by atoms with E-state index in [0.717, 1.165) is 72.6 Å². The first-order valence-corrected chi connectivity index (χ1v) is 12.3. The van der Waals surface area contributed by atoms with Gasteiger partial charge in [0, 0.05) is 41.4 Å². The fourth-order valence-electron chi connectivity index (χ4n) is 4.66. The molecule has 1 aliphatic carbocycles. The summed E-state index contributed by atoms with van der Waals surface area (Å²) in [6.07, 6.45) is 4.31. The van der Waals surface area contributed by atoms with Gasteiger partial charge in [0.25, 0.3) is 0 Å². The highest BCUT2D eigenvalue weighted by atomic mass is 35.5. The number of hydrogen-bond donors (Lipinski definition) is 1. The molecule has 2 fully saturated rings. The normalized spacial score (nSPS) is 16.7. The lowest BCUT2D eigenvalue weighted by molar-refractivity contribution is 0.0246. The van der Waals surface area contributed by atoms with E-state index in [1.165, 1.54) is 0 Å². The molecule has 9 heteroatoms. The van der Waals surface area contributed by atoms with Gasteiger partial charge < -0.3 is 14.2 Å². The highest BCUT2D eigenvalue weighted by Crippen LogP contribution is 2.45. The van der Waals surface area contributed by atoms with Crippen LogP contribution in [0.2, 0.25) is 5.02 Å². The predicted molar refractivity (Wildman–Crippen MR) is 132 cm³/mol. The summed E-state index contributed by atoms with van der Waals surface area (Å²) in [4.78, 5) is 16.1. The van der Waals surface area contributed by atoms with Gasteiger partial charge >= 0.3 is 5.76 Å². The van der Waals surface area contributed by atoms with Crippen molar-refractivity contribution in [1.82, 2.24) is 15.3 Å². The van der Waals surface area contributed by atoms with Crippen molar-refractivity contribution in [2.24, 2.45) is 0 Å². The molecule has 2 aromatic carbocycles. The summed E-state index contributed by atoms with van der Waals surface area (Å²) in [5.74, 6) is 1.27. The van der Waals surface area contributed by atoms with Gasteiger partial charge in [-0.2, -0.15) is 0 Å². The summed E-state index contributed by atoms with van der Waals surface area (Å²) in [7, 11) is 0. The molecule has 0 atom stereocenters. The topological polar surface area (TPSA) is 97.4 Å². The van der Waals surface area contributed by atoms with Crippen molar-refractivity contribution in [2.75, 3.05) is 18.0 Å². The zero-order valence-electron chi connectivity index (χ0n) is 19.1. The largest absolute Gasteiger partial charge is 0.439 e. The van der Waals surface area contributed by atoms with Crippen LogP contribution in [0, 0.1) is 0 Å². The molecular weight excluding hydrogens is 468 g/mol. The number of aromatic nitrogens is 3. The first kappa shape index (κ1) is 22.1. The van der Waals surface area contributed by atoms with E-state index in [0.29, 0.717) is 23.4 Å². The lowest BCUT2D eigenvalue weighted by atomic mass is 10.0. The fourth-order valence-corrected chi connectivity index (χ4v) is 4.88. The second-order valence-electron chi connectivity index (χ2n) is 9.12. The lowest BCUT2D eigenvalue weighted by Gasteiger charge is -2.33. The quantitative estimate of drug-likeness (QED) is 0.368. The van der Waals surface area contributed by atoms with E-state index in [1.807, 2.05) is 48.5 Å². The Kier molecular flexibility index (Phi) is 5.91. The van der Waals surface area contributed by atoms with E-state index in [-0.39, 0.29) is 6.10 Å². The second-order valence-corrected chi connectivity index (χ2v) is 9.52. The minimum Gasteiger partial charge on any atom is -0.373 e. The van der Waals surface area contributed by atoms with E-state index in [9.17, 15) is 4.79 Å². The highest BCUT2D eigenvalue weighted by Gasteiger charge is 2.33. The van der Waals surface area contributed by atoms with Crippen molar-refractivity contribution in [3.8, 4) is 22.6 Å². The molecule has 3 heterocycles. The van der Waals surface area contributed by atoms with Crippen molar-refractivity contribution >= 4 is 17.3 Å². The molecule has 0 radical (unpaired) electrons. The molecule has 0 amide bonds. The van der Waals surface area contributed by atoms with Crippen LogP contribution in [0.3, 0.4) is 0 Å². The number of hydrogen-bond acceptors (Lipinski definition) is 7. The number of aromatic amines is 1. The molecular formula is C26H25ClN4O4. The smallest absolute Gasteiger partial charge is 0.373 e. The molecule has 35 heavy (non-hydrogen) atoms. The molecule has 6 rings (SSSR count). The molecule has 0 bridgehead atoms. The van der Waals surface area contributed by atoms with Crippen molar-refractivity contribution < 1.29 is 13.8 Å². The third-order valence-corrected chi connectivity index (χ3v) is 7.08. The van der Waals surface area contributed by atoms with Crippen LogP contribution in [0.15, 0.2) is 62.4 Å². The molecule has 1 saturated carbocycles. The molecule has 2 aliphatic rings. The maximum absolute atomic E-state index is 11.2. The molecule has 180 valence electrons. The molecule has 1 N–H and O–H groups in total. The van der Waals surface area contributed by atoms with Crippen molar-refractivity contribution in [2.45, 2.75) is 44.3 Å². The number of nitrogens with one attached hydrogen (secondary N) is 1. The standard InChI is InChI=1S/C26H25ClN4O4/c27-22-4-2-1-3-20(22)23-21(24(34-29-23)16-5-6-16)15-33-19-11-13-31(14-12-19)18-9-7-17(8-10-18)25-28-26(32)35-30-25/h1-4,7-10,16,19H,5-6,11-15H2,(H,28,30,32). The minimum absolute atomic E-state index is 0.173. The van der Waals surface area contributed by atoms with Gasteiger partial charge in [0.15, 0.2) is 5.82 Å². The van der Waals surface area contributed by atoms with Gasteiger partial charge in [-0.05, 0) is 56.0 Å². The van der Waals surface area contributed by atoms with Gasteiger partial charge in [-0.3, -0.25) is 9.51 Å². The highest BCUT2D eigenvalue weighted by molar-refractivity contribution is 6.33. The first-order valence-electron chi connectivity index (χ1n) is 11.9. The molecule has 4 aromatic rings. The van der Waals surface area contributed by atoms with E-state index >= 15 is 0 Å². The number of benzene rings is 2. The van der Waals surface area contributed by atoms with Gasteiger partial charge in [0.2, 0.25) is 0 Å².